The van der Waals surface area contributed by atoms with Gasteiger partial charge in [-0.15, -0.1) is 5.10 Å². The summed E-state index contributed by atoms with van der Waals surface area (Å²) in [6.45, 7) is 6.90. The summed E-state index contributed by atoms with van der Waals surface area (Å²) in [4.78, 5) is 0. The van der Waals surface area contributed by atoms with Crippen molar-refractivity contribution >= 4 is 15.9 Å². The minimum Gasteiger partial charge on any atom is -0.496 e. The van der Waals surface area contributed by atoms with Gasteiger partial charge in [0.05, 0.1) is 23.8 Å². The van der Waals surface area contributed by atoms with Gasteiger partial charge in [0, 0.05) is 5.54 Å². The van der Waals surface area contributed by atoms with Gasteiger partial charge in [-0.1, -0.05) is 0 Å². The number of aromatic nitrogens is 4. The zero-order chi connectivity index (χ0) is 14.8. The lowest BCUT2D eigenvalue weighted by molar-refractivity contribution is 0.411. The maximum Gasteiger partial charge on any atom is 0.170 e. The summed E-state index contributed by atoms with van der Waals surface area (Å²) in [5.41, 5.74) is 0.894. The molecule has 0 spiro atoms. The highest BCUT2D eigenvalue weighted by Crippen LogP contribution is 2.27. The number of hydrogen-bond acceptors (Lipinski definition) is 5. The molecule has 1 aromatic carbocycles. The van der Waals surface area contributed by atoms with E-state index in [1.807, 2.05) is 18.2 Å². The van der Waals surface area contributed by atoms with E-state index in [-0.39, 0.29) is 5.54 Å². The molecule has 0 unspecified atom stereocenters. The Hall–Kier alpha value is -1.47. The molecule has 1 N–H and O–H groups in total. The van der Waals surface area contributed by atoms with E-state index in [4.69, 9.17) is 4.74 Å². The Kier molecular flexibility index (Phi) is 4.39. The van der Waals surface area contributed by atoms with E-state index < -0.39 is 0 Å². The molecule has 0 aliphatic heterocycles. The third-order valence-corrected chi connectivity index (χ3v) is 3.31. The number of nitrogens with one attached hydrogen (secondary N) is 1. The predicted molar refractivity (Wildman–Crippen MR) is 80.0 cm³/mol. The second kappa shape index (κ2) is 5.88. The highest BCUT2D eigenvalue weighted by atomic mass is 79.9. The minimum absolute atomic E-state index is 0.0112. The van der Waals surface area contributed by atoms with Gasteiger partial charge in [0.1, 0.15) is 5.75 Å². The van der Waals surface area contributed by atoms with Crippen LogP contribution >= 0.6 is 15.9 Å². The maximum absolute atomic E-state index is 5.22. The third-order valence-electron chi connectivity index (χ3n) is 2.69. The second-order valence-corrected chi connectivity index (χ2v) is 6.28. The molecule has 0 bridgehead atoms. The summed E-state index contributed by atoms with van der Waals surface area (Å²) < 4.78 is 7.79. The van der Waals surface area contributed by atoms with Crippen LogP contribution in [0.2, 0.25) is 0 Å². The second-order valence-electron chi connectivity index (χ2n) is 5.43. The van der Waals surface area contributed by atoms with Crippen LogP contribution in [0.15, 0.2) is 22.7 Å². The molecular formula is C13H18BrN5O. The average molecular weight is 340 g/mol. The zero-order valence-electron chi connectivity index (χ0n) is 12.0. The molecule has 0 saturated heterocycles. The lowest BCUT2D eigenvalue weighted by atomic mass is 10.1. The molecule has 7 heteroatoms. The van der Waals surface area contributed by atoms with Crippen molar-refractivity contribution in [2.75, 3.05) is 7.11 Å². The molecule has 0 radical (unpaired) electrons. The van der Waals surface area contributed by atoms with E-state index >= 15 is 0 Å². The normalized spacial score (nSPS) is 11.7. The van der Waals surface area contributed by atoms with Crippen LogP contribution in [0.5, 0.6) is 5.75 Å². The molecule has 0 aliphatic rings. The molecule has 1 heterocycles. The molecule has 0 amide bonds. The minimum atomic E-state index is 0.0112. The van der Waals surface area contributed by atoms with Gasteiger partial charge >= 0.3 is 0 Å². The Balaban J connectivity index is 2.25. The van der Waals surface area contributed by atoms with Crippen molar-refractivity contribution in [2.24, 2.45) is 0 Å². The van der Waals surface area contributed by atoms with E-state index in [0.717, 1.165) is 21.7 Å². The molecule has 2 rings (SSSR count). The van der Waals surface area contributed by atoms with Gasteiger partial charge in [0.2, 0.25) is 0 Å². The lowest BCUT2D eigenvalue weighted by Crippen LogP contribution is -2.35. The number of rotatable bonds is 4. The van der Waals surface area contributed by atoms with Crippen LogP contribution in [-0.2, 0) is 6.54 Å². The topological polar surface area (TPSA) is 64.9 Å². The molecule has 108 valence electrons. The van der Waals surface area contributed by atoms with E-state index in [1.54, 1.807) is 11.8 Å². The fourth-order valence-corrected chi connectivity index (χ4v) is 2.18. The fraction of sp³-hybridized carbons (Fsp3) is 0.462. The Morgan fingerprint density at radius 2 is 2.10 bits per heavy atom. The monoisotopic (exact) mass is 339 g/mol. The Morgan fingerprint density at radius 1 is 1.35 bits per heavy atom. The van der Waals surface area contributed by atoms with Crippen LogP contribution < -0.4 is 10.1 Å². The number of tetrazole rings is 1. The number of hydrogen-bond donors (Lipinski definition) is 1. The number of halogens is 1. The summed E-state index contributed by atoms with van der Waals surface area (Å²) in [6.07, 6.45) is 0. The van der Waals surface area contributed by atoms with E-state index in [9.17, 15) is 0 Å². The molecule has 1 aromatic heterocycles. The average Bonchev–Trinajstić information content (AvgIpc) is 2.83. The smallest absolute Gasteiger partial charge is 0.170 e. The molecule has 20 heavy (non-hydrogen) atoms. The Labute approximate surface area is 126 Å². The number of benzene rings is 1. The molecule has 6 nitrogen and oxygen atoms in total. The van der Waals surface area contributed by atoms with Crippen LogP contribution in [0.25, 0.3) is 5.69 Å². The van der Waals surface area contributed by atoms with Gasteiger partial charge in [0.15, 0.2) is 5.82 Å². The largest absolute Gasteiger partial charge is 0.496 e. The van der Waals surface area contributed by atoms with E-state index in [1.165, 1.54) is 0 Å². The summed E-state index contributed by atoms with van der Waals surface area (Å²) >= 11 is 3.47. The fourth-order valence-electron chi connectivity index (χ4n) is 1.65. The molecule has 0 atom stereocenters. The summed E-state index contributed by atoms with van der Waals surface area (Å²) in [5.74, 6) is 1.54. The van der Waals surface area contributed by atoms with Crippen LogP contribution in [0.4, 0.5) is 0 Å². The van der Waals surface area contributed by atoms with Crippen molar-refractivity contribution in [1.29, 1.82) is 0 Å². The molecule has 0 fully saturated rings. The SMILES string of the molecule is COc1ccc(-n2nnnc2CNC(C)(C)C)cc1Br. The first-order valence-electron chi connectivity index (χ1n) is 6.27. The van der Waals surface area contributed by atoms with Gasteiger partial charge in [0.25, 0.3) is 0 Å². The highest BCUT2D eigenvalue weighted by molar-refractivity contribution is 9.10. The van der Waals surface area contributed by atoms with Crippen LogP contribution in [0.3, 0.4) is 0 Å². The van der Waals surface area contributed by atoms with Crippen molar-refractivity contribution in [3.63, 3.8) is 0 Å². The number of nitrogens with zero attached hydrogens (tertiary/aromatic N) is 4. The van der Waals surface area contributed by atoms with Gasteiger partial charge in [-0.3, -0.25) is 0 Å². The zero-order valence-corrected chi connectivity index (χ0v) is 13.6. The summed E-state index contributed by atoms with van der Waals surface area (Å²) in [5, 5.41) is 15.2. The van der Waals surface area contributed by atoms with Crippen LogP contribution in [0.1, 0.15) is 26.6 Å². The number of ether oxygens (including phenoxy) is 1. The summed E-state index contributed by atoms with van der Waals surface area (Å²) in [6, 6.07) is 5.72. The highest BCUT2D eigenvalue weighted by Gasteiger charge is 2.14. The lowest BCUT2D eigenvalue weighted by Gasteiger charge is -2.19. The van der Waals surface area contributed by atoms with E-state index in [2.05, 4.69) is 57.5 Å². The van der Waals surface area contributed by atoms with Crippen LogP contribution in [0, 0.1) is 0 Å². The third kappa shape index (κ3) is 3.55. The van der Waals surface area contributed by atoms with Crippen molar-refractivity contribution in [3.8, 4) is 11.4 Å². The van der Waals surface area contributed by atoms with Gasteiger partial charge in [-0.05, 0) is 65.3 Å². The molecule has 2 aromatic rings. The maximum atomic E-state index is 5.22. The molecule has 0 aliphatic carbocycles. The standard InChI is InChI=1S/C13H18BrN5O/c1-13(2,3)15-8-12-16-17-18-19(12)9-5-6-11(20-4)10(14)7-9/h5-7,15H,8H2,1-4H3. The van der Waals surface area contributed by atoms with Gasteiger partial charge in [-0.25, -0.2) is 0 Å². The molecular weight excluding hydrogens is 322 g/mol. The van der Waals surface area contributed by atoms with Gasteiger partial charge in [-0.2, -0.15) is 4.68 Å². The first kappa shape index (κ1) is 14.9. The first-order valence-corrected chi connectivity index (χ1v) is 7.06. The first-order chi connectivity index (χ1) is 9.40. The quantitative estimate of drug-likeness (QED) is 0.925. The number of methoxy groups -OCH3 is 1. The van der Waals surface area contributed by atoms with Crippen molar-refractivity contribution in [1.82, 2.24) is 25.5 Å². The summed E-state index contributed by atoms with van der Waals surface area (Å²) in [7, 11) is 1.63. The Bertz CT molecular complexity index is 591. The predicted octanol–water partition coefficient (Wildman–Crippen LogP) is 2.32. The van der Waals surface area contributed by atoms with Crippen molar-refractivity contribution in [2.45, 2.75) is 32.9 Å². The van der Waals surface area contributed by atoms with E-state index in [0.29, 0.717) is 6.54 Å². The van der Waals surface area contributed by atoms with Crippen molar-refractivity contribution in [3.05, 3.63) is 28.5 Å². The van der Waals surface area contributed by atoms with Crippen LogP contribution in [-0.4, -0.2) is 32.9 Å². The van der Waals surface area contributed by atoms with Gasteiger partial charge < -0.3 is 10.1 Å². The Morgan fingerprint density at radius 3 is 2.70 bits per heavy atom. The van der Waals surface area contributed by atoms with Crippen molar-refractivity contribution < 1.29 is 4.74 Å². The molecule has 0 saturated carbocycles.